The van der Waals surface area contributed by atoms with Crippen LogP contribution in [0.25, 0.3) is 0 Å². The van der Waals surface area contributed by atoms with Gasteiger partial charge >= 0.3 is 0 Å². The highest BCUT2D eigenvalue weighted by atomic mass is 16.5. The van der Waals surface area contributed by atoms with Gasteiger partial charge in [0.05, 0.1) is 12.2 Å². The van der Waals surface area contributed by atoms with Gasteiger partial charge in [-0.1, -0.05) is 59.8 Å². The van der Waals surface area contributed by atoms with Crippen molar-refractivity contribution in [3.8, 4) is 0 Å². The first kappa shape index (κ1) is 24.2. The minimum Gasteiger partial charge on any atom is -0.375 e. The van der Waals surface area contributed by atoms with Crippen LogP contribution in [0, 0.1) is 11.8 Å². The van der Waals surface area contributed by atoms with Gasteiger partial charge in [0.2, 0.25) is 0 Å². The molecule has 28 heavy (non-hydrogen) atoms. The van der Waals surface area contributed by atoms with Crippen LogP contribution in [0.3, 0.4) is 0 Å². The number of piperidine rings is 1. The van der Waals surface area contributed by atoms with Crippen molar-refractivity contribution in [2.24, 2.45) is 11.8 Å². The minimum absolute atomic E-state index is 0.520. The summed E-state index contributed by atoms with van der Waals surface area (Å²) in [6.07, 6.45) is 15.7. The van der Waals surface area contributed by atoms with Gasteiger partial charge in [0.15, 0.2) is 0 Å². The number of hydrogen-bond donors (Lipinski definition) is 0. The predicted molar refractivity (Wildman–Crippen MR) is 122 cm³/mol. The van der Waals surface area contributed by atoms with E-state index in [1.54, 1.807) is 0 Å². The summed E-state index contributed by atoms with van der Waals surface area (Å²) in [6, 6.07) is 0.762. The van der Waals surface area contributed by atoms with Gasteiger partial charge in [-0.05, 0) is 57.4 Å². The van der Waals surface area contributed by atoms with E-state index >= 15 is 0 Å². The molecule has 0 aromatic heterocycles. The third kappa shape index (κ3) is 8.71. The molecular weight excluding hydrogens is 344 g/mol. The van der Waals surface area contributed by atoms with Crippen LogP contribution in [-0.4, -0.2) is 61.3 Å². The molecule has 0 N–H and O–H groups in total. The molecule has 0 aromatic rings. The Kier molecular flexibility index (Phi) is 11.4. The van der Waals surface area contributed by atoms with Gasteiger partial charge in [-0.25, -0.2) is 0 Å². The van der Waals surface area contributed by atoms with E-state index in [2.05, 4.69) is 44.5 Å². The Morgan fingerprint density at radius 1 is 0.893 bits per heavy atom. The van der Waals surface area contributed by atoms with Crippen LogP contribution in [0.1, 0.15) is 98.3 Å². The zero-order valence-corrected chi connectivity index (χ0v) is 19.8. The smallest absolute Gasteiger partial charge is 0.0608 e. The van der Waals surface area contributed by atoms with Crippen molar-refractivity contribution in [1.82, 2.24) is 9.80 Å². The number of nitrogens with zero attached hydrogens (tertiary/aromatic N) is 2. The molecule has 1 aliphatic heterocycles. The quantitative estimate of drug-likeness (QED) is 0.337. The van der Waals surface area contributed by atoms with Crippen LogP contribution in [0.2, 0.25) is 0 Å². The molecule has 2 atom stereocenters. The molecular formula is C25H50N2O. The molecule has 2 rings (SSSR count). The maximum Gasteiger partial charge on any atom is 0.0608 e. The van der Waals surface area contributed by atoms with Gasteiger partial charge in [0.25, 0.3) is 0 Å². The molecule has 0 bridgehead atoms. The number of unbranched alkanes of at least 4 members (excludes halogenated alkanes) is 3. The average molecular weight is 395 g/mol. The fraction of sp³-hybridized carbons (Fsp3) is 1.00. The molecule has 0 amide bonds. The monoisotopic (exact) mass is 394 g/mol. The standard InChI is InChI=1S/C25H50N2O/c1-6-8-9-10-12-22(4)19-26(5)23-17-25(18-23)28-24-13-15-27(16-14-24)20-21(3)11-7-2/h21-25H,6-20H2,1-5H3. The van der Waals surface area contributed by atoms with Crippen molar-refractivity contribution >= 4 is 0 Å². The SMILES string of the molecule is CCCCCCC(C)CN(C)C1CC(OC2CCN(CC(C)CCC)CC2)C1. The van der Waals surface area contributed by atoms with E-state index in [0.29, 0.717) is 12.2 Å². The van der Waals surface area contributed by atoms with E-state index < -0.39 is 0 Å². The zero-order valence-electron chi connectivity index (χ0n) is 19.8. The number of rotatable bonds is 14. The summed E-state index contributed by atoms with van der Waals surface area (Å²) in [4.78, 5) is 5.28. The zero-order chi connectivity index (χ0) is 20.4. The van der Waals surface area contributed by atoms with Gasteiger partial charge in [0, 0.05) is 32.2 Å². The average Bonchev–Trinajstić information content (AvgIpc) is 2.63. The third-order valence-corrected chi connectivity index (χ3v) is 7.11. The summed E-state index contributed by atoms with van der Waals surface area (Å²) in [7, 11) is 2.33. The maximum absolute atomic E-state index is 6.45. The number of likely N-dealkylation sites (tertiary alicyclic amines) is 1. The molecule has 0 aromatic carbocycles. The minimum atomic E-state index is 0.520. The van der Waals surface area contributed by atoms with Crippen LogP contribution >= 0.6 is 0 Å². The van der Waals surface area contributed by atoms with Gasteiger partial charge in [-0.2, -0.15) is 0 Å². The molecule has 0 radical (unpaired) electrons. The van der Waals surface area contributed by atoms with E-state index in [1.807, 2.05) is 0 Å². The Morgan fingerprint density at radius 3 is 2.25 bits per heavy atom. The summed E-state index contributed by atoms with van der Waals surface area (Å²) >= 11 is 0. The summed E-state index contributed by atoms with van der Waals surface area (Å²) in [5, 5.41) is 0. The lowest BCUT2D eigenvalue weighted by molar-refractivity contribution is -0.102. The highest BCUT2D eigenvalue weighted by molar-refractivity contribution is 4.89. The van der Waals surface area contributed by atoms with E-state index in [0.717, 1.165) is 17.9 Å². The Balaban J connectivity index is 1.53. The molecule has 1 saturated heterocycles. The Labute approximate surface area is 176 Å². The van der Waals surface area contributed by atoms with Crippen LogP contribution in [0.4, 0.5) is 0 Å². The summed E-state index contributed by atoms with van der Waals surface area (Å²) in [5.74, 6) is 1.68. The van der Waals surface area contributed by atoms with Crippen molar-refractivity contribution in [1.29, 1.82) is 0 Å². The maximum atomic E-state index is 6.45. The Bertz CT molecular complexity index is 388. The van der Waals surface area contributed by atoms with Gasteiger partial charge in [-0.3, -0.25) is 0 Å². The van der Waals surface area contributed by atoms with Crippen molar-refractivity contribution in [2.75, 3.05) is 33.2 Å². The van der Waals surface area contributed by atoms with Crippen LogP contribution < -0.4 is 0 Å². The lowest BCUT2D eigenvalue weighted by Gasteiger charge is -2.44. The Morgan fingerprint density at radius 2 is 1.61 bits per heavy atom. The van der Waals surface area contributed by atoms with Crippen LogP contribution in [-0.2, 0) is 4.74 Å². The molecule has 3 heteroatoms. The Hall–Kier alpha value is -0.120. The highest BCUT2D eigenvalue weighted by Crippen LogP contribution is 2.31. The second kappa shape index (κ2) is 13.2. The van der Waals surface area contributed by atoms with E-state index in [-0.39, 0.29) is 0 Å². The van der Waals surface area contributed by atoms with Crippen LogP contribution in [0.5, 0.6) is 0 Å². The summed E-state index contributed by atoms with van der Waals surface area (Å²) in [6.45, 7) is 14.5. The molecule has 2 fully saturated rings. The topological polar surface area (TPSA) is 15.7 Å². The van der Waals surface area contributed by atoms with Gasteiger partial charge in [-0.15, -0.1) is 0 Å². The molecule has 1 aliphatic carbocycles. The van der Waals surface area contributed by atoms with Crippen molar-refractivity contribution in [2.45, 2.75) is 117 Å². The lowest BCUT2D eigenvalue weighted by Crippen LogP contribution is -2.49. The molecule has 1 saturated carbocycles. The van der Waals surface area contributed by atoms with Crippen molar-refractivity contribution in [3.05, 3.63) is 0 Å². The molecule has 2 aliphatic rings. The number of ether oxygens (including phenoxy) is 1. The van der Waals surface area contributed by atoms with E-state index in [9.17, 15) is 0 Å². The summed E-state index contributed by atoms with van der Waals surface area (Å²) in [5.41, 5.74) is 0. The molecule has 2 unspecified atom stereocenters. The first-order chi connectivity index (χ1) is 13.5. The van der Waals surface area contributed by atoms with Gasteiger partial charge in [0.1, 0.15) is 0 Å². The first-order valence-corrected chi connectivity index (χ1v) is 12.6. The molecule has 166 valence electrons. The van der Waals surface area contributed by atoms with E-state index in [4.69, 9.17) is 4.74 Å². The number of hydrogen-bond acceptors (Lipinski definition) is 3. The second-order valence-electron chi connectivity index (χ2n) is 10.2. The van der Waals surface area contributed by atoms with Crippen molar-refractivity contribution < 1.29 is 4.74 Å². The lowest BCUT2D eigenvalue weighted by atomic mass is 9.87. The molecule has 3 nitrogen and oxygen atoms in total. The summed E-state index contributed by atoms with van der Waals surface area (Å²) < 4.78 is 6.45. The fourth-order valence-corrected chi connectivity index (χ4v) is 5.19. The fourth-order valence-electron chi connectivity index (χ4n) is 5.19. The largest absolute Gasteiger partial charge is 0.375 e. The molecule has 1 heterocycles. The third-order valence-electron chi connectivity index (χ3n) is 7.11. The second-order valence-corrected chi connectivity index (χ2v) is 10.2. The van der Waals surface area contributed by atoms with Crippen LogP contribution in [0.15, 0.2) is 0 Å². The normalized spacial score (nSPS) is 26.4. The van der Waals surface area contributed by atoms with Crippen molar-refractivity contribution in [3.63, 3.8) is 0 Å². The molecule has 0 spiro atoms. The van der Waals surface area contributed by atoms with Gasteiger partial charge < -0.3 is 14.5 Å². The predicted octanol–water partition coefficient (Wildman–Crippen LogP) is 5.97. The first-order valence-electron chi connectivity index (χ1n) is 12.6. The van der Waals surface area contributed by atoms with E-state index in [1.165, 1.54) is 96.8 Å². The highest BCUT2D eigenvalue weighted by Gasteiger charge is 2.35.